The van der Waals surface area contributed by atoms with Gasteiger partial charge in [-0.1, -0.05) is 43.7 Å². The summed E-state index contributed by atoms with van der Waals surface area (Å²) in [5.74, 6) is 2.22. The summed E-state index contributed by atoms with van der Waals surface area (Å²) in [7, 11) is 0. The molecular weight excluding hydrogens is 336 g/mol. The first-order valence-electron chi connectivity index (χ1n) is 9.56. The van der Waals surface area contributed by atoms with Crippen molar-refractivity contribution in [3.63, 3.8) is 0 Å². The van der Waals surface area contributed by atoms with E-state index < -0.39 is 0 Å². The van der Waals surface area contributed by atoms with Crippen LogP contribution in [0.25, 0.3) is 6.08 Å². The molecule has 1 fully saturated rings. The third kappa shape index (κ3) is 4.94. The van der Waals surface area contributed by atoms with E-state index in [2.05, 4.69) is 42.8 Å². The molecule has 1 aromatic heterocycles. The van der Waals surface area contributed by atoms with E-state index in [0.29, 0.717) is 19.0 Å². The third-order valence-electron chi connectivity index (χ3n) is 4.79. The number of carbonyl (C=O) groups is 1. The van der Waals surface area contributed by atoms with Gasteiger partial charge in [-0.05, 0) is 25.5 Å². The summed E-state index contributed by atoms with van der Waals surface area (Å²) < 4.78 is 0. The lowest BCUT2D eigenvalue weighted by Gasteiger charge is -2.35. The van der Waals surface area contributed by atoms with Crippen LogP contribution >= 0.6 is 0 Å². The smallest absolute Gasteiger partial charge is 0.246 e. The molecule has 27 heavy (non-hydrogen) atoms. The van der Waals surface area contributed by atoms with Gasteiger partial charge in [0.25, 0.3) is 0 Å². The molecule has 1 aromatic carbocycles. The van der Waals surface area contributed by atoms with Crippen molar-refractivity contribution in [2.75, 3.05) is 31.1 Å². The maximum absolute atomic E-state index is 12.5. The van der Waals surface area contributed by atoms with Gasteiger partial charge >= 0.3 is 0 Å². The number of aromatic nitrogens is 2. The van der Waals surface area contributed by atoms with E-state index in [-0.39, 0.29) is 5.91 Å². The molecular formula is C22H28N4O. The lowest BCUT2D eigenvalue weighted by molar-refractivity contribution is -0.126. The fourth-order valence-corrected chi connectivity index (χ4v) is 3.10. The molecule has 2 aromatic rings. The summed E-state index contributed by atoms with van der Waals surface area (Å²) in [6, 6.07) is 10.2. The number of anilines is 1. The van der Waals surface area contributed by atoms with Crippen LogP contribution in [0.2, 0.25) is 0 Å². The maximum atomic E-state index is 12.5. The summed E-state index contributed by atoms with van der Waals surface area (Å²) in [6.45, 7) is 11.3. The Kier molecular flexibility index (Phi) is 5.89. The van der Waals surface area contributed by atoms with Gasteiger partial charge in [0.2, 0.25) is 5.91 Å². The highest BCUT2D eigenvalue weighted by molar-refractivity contribution is 5.92. The minimum absolute atomic E-state index is 0.0666. The number of hydrogen-bond donors (Lipinski definition) is 0. The molecule has 0 N–H and O–H groups in total. The summed E-state index contributed by atoms with van der Waals surface area (Å²) in [5, 5.41) is 0. The van der Waals surface area contributed by atoms with Crippen LogP contribution in [0.3, 0.4) is 0 Å². The van der Waals surface area contributed by atoms with E-state index in [9.17, 15) is 4.79 Å². The largest absolute Gasteiger partial charge is 0.353 e. The van der Waals surface area contributed by atoms with Crippen LogP contribution in [0, 0.1) is 13.8 Å². The molecule has 142 valence electrons. The molecule has 0 atom stereocenters. The normalized spacial score (nSPS) is 15.0. The highest BCUT2D eigenvalue weighted by Gasteiger charge is 2.21. The summed E-state index contributed by atoms with van der Waals surface area (Å²) in [6.07, 6.45) is 3.56. The number of piperazine rings is 1. The number of nitrogens with zero attached hydrogens (tertiary/aromatic N) is 4. The summed E-state index contributed by atoms with van der Waals surface area (Å²) in [4.78, 5) is 25.8. The van der Waals surface area contributed by atoms with E-state index in [1.54, 1.807) is 6.08 Å². The highest BCUT2D eigenvalue weighted by atomic mass is 16.2. The van der Waals surface area contributed by atoms with Gasteiger partial charge in [0, 0.05) is 49.9 Å². The van der Waals surface area contributed by atoms with Crippen LogP contribution in [0.15, 0.2) is 36.4 Å². The fraction of sp³-hybridized carbons (Fsp3) is 0.409. The van der Waals surface area contributed by atoms with Crippen molar-refractivity contribution in [3.05, 3.63) is 59.1 Å². The number of aryl methyl sites for hydroxylation is 2. The van der Waals surface area contributed by atoms with Gasteiger partial charge < -0.3 is 9.80 Å². The molecule has 3 rings (SSSR count). The quantitative estimate of drug-likeness (QED) is 0.778. The average Bonchev–Trinajstić information content (AvgIpc) is 2.67. The Labute approximate surface area is 161 Å². The number of hydrogen-bond acceptors (Lipinski definition) is 4. The molecule has 0 aliphatic carbocycles. The van der Waals surface area contributed by atoms with Crippen molar-refractivity contribution in [2.45, 2.75) is 33.6 Å². The van der Waals surface area contributed by atoms with E-state index in [4.69, 9.17) is 4.98 Å². The first kappa shape index (κ1) is 19.1. The number of rotatable bonds is 4. The molecule has 1 aliphatic heterocycles. The lowest BCUT2D eigenvalue weighted by Crippen LogP contribution is -2.48. The second-order valence-electron chi connectivity index (χ2n) is 7.44. The molecule has 1 aliphatic rings. The highest BCUT2D eigenvalue weighted by Crippen LogP contribution is 2.19. The predicted molar refractivity (Wildman–Crippen MR) is 110 cm³/mol. The van der Waals surface area contributed by atoms with Gasteiger partial charge in [-0.15, -0.1) is 0 Å². The van der Waals surface area contributed by atoms with Crippen molar-refractivity contribution in [3.8, 4) is 0 Å². The standard InChI is InChI=1S/C22H28N4O/c1-16(2)22-23-18(4)15-20(24-22)25-11-13-26(14-12-25)21(27)10-9-19-7-5-17(3)6-8-19/h5-10,15-16H,11-14H2,1-4H3. The molecule has 0 bridgehead atoms. The van der Waals surface area contributed by atoms with Gasteiger partial charge in [-0.3, -0.25) is 4.79 Å². The minimum atomic E-state index is 0.0666. The molecule has 5 nitrogen and oxygen atoms in total. The second kappa shape index (κ2) is 8.33. The zero-order valence-electron chi connectivity index (χ0n) is 16.6. The monoisotopic (exact) mass is 364 g/mol. The minimum Gasteiger partial charge on any atom is -0.353 e. The summed E-state index contributed by atoms with van der Waals surface area (Å²) in [5.41, 5.74) is 3.25. The van der Waals surface area contributed by atoms with Gasteiger partial charge in [-0.25, -0.2) is 9.97 Å². The molecule has 0 spiro atoms. The van der Waals surface area contributed by atoms with E-state index >= 15 is 0 Å². The molecule has 0 saturated carbocycles. The van der Waals surface area contributed by atoms with Crippen molar-refractivity contribution in [1.29, 1.82) is 0 Å². The topological polar surface area (TPSA) is 49.3 Å². The van der Waals surface area contributed by atoms with E-state index in [0.717, 1.165) is 36.0 Å². The van der Waals surface area contributed by atoms with Crippen molar-refractivity contribution in [2.24, 2.45) is 0 Å². The van der Waals surface area contributed by atoms with Crippen LogP contribution in [0.5, 0.6) is 0 Å². The maximum Gasteiger partial charge on any atom is 0.246 e. The average molecular weight is 364 g/mol. The van der Waals surface area contributed by atoms with Crippen LogP contribution in [0.4, 0.5) is 5.82 Å². The zero-order chi connectivity index (χ0) is 19.4. The molecule has 0 unspecified atom stereocenters. The molecule has 1 saturated heterocycles. The predicted octanol–water partition coefficient (Wildman–Crippen LogP) is 3.58. The third-order valence-corrected chi connectivity index (χ3v) is 4.79. The Bertz CT molecular complexity index is 819. The fourth-order valence-electron chi connectivity index (χ4n) is 3.10. The van der Waals surface area contributed by atoms with Gasteiger partial charge in [0.15, 0.2) is 0 Å². The van der Waals surface area contributed by atoms with Crippen molar-refractivity contribution in [1.82, 2.24) is 14.9 Å². The van der Waals surface area contributed by atoms with E-state index in [1.807, 2.05) is 36.1 Å². The first-order chi connectivity index (χ1) is 12.9. The summed E-state index contributed by atoms with van der Waals surface area (Å²) >= 11 is 0. The Hall–Kier alpha value is -2.69. The Morgan fingerprint density at radius 1 is 1.04 bits per heavy atom. The van der Waals surface area contributed by atoms with Gasteiger partial charge in [0.05, 0.1) is 0 Å². The van der Waals surface area contributed by atoms with E-state index in [1.165, 1.54) is 5.56 Å². The lowest BCUT2D eigenvalue weighted by atomic mass is 10.1. The number of amides is 1. The Balaban J connectivity index is 1.60. The second-order valence-corrected chi connectivity index (χ2v) is 7.44. The molecule has 5 heteroatoms. The Morgan fingerprint density at radius 3 is 2.33 bits per heavy atom. The zero-order valence-corrected chi connectivity index (χ0v) is 16.6. The van der Waals surface area contributed by atoms with Crippen molar-refractivity contribution >= 4 is 17.8 Å². The van der Waals surface area contributed by atoms with Crippen LogP contribution in [-0.4, -0.2) is 47.0 Å². The Morgan fingerprint density at radius 2 is 1.70 bits per heavy atom. The SMILES string of the molecule is Cc1ccc(C=CC(=O)N2CCN(c3cc(C)nc(C(C)C)n3)CC2)cc1. The van der Waals surface area contributed by atoms with Crippen LogP contribution < -0.4 is 4.90 Å². The van der Waals surface area contributed by atoms with Gasteiger partial charge in [0.1, 0.15) is 11.6 Å². The van der Waals surface area contributed by atoms with Gasteiger partial charge in [-0.2, -0.15) is 0 Å². The molecule has 1 amide bonds. The number of carbonyl (C=O) groups excluding carboxylic acids is 1. The molecule has 2 heterocycles. The van der Waals surface area contributed by atoms with Crippen LogP contribution in [-0.2, 0) is 4.79 Å². The van der Waals surface area contributed by atoms with Crippen molar-refractivity contribution < 1.29 is 4.79 Å². The van der Waals surface area contributed by atoms with Crippen LogP contribution in [0.1, 0.15) is 42.4 Å². The number of benzene rings is 1. The first-order valence-corrected chi connectivity index (χ1v) is 9.56. The molecule has 0 radical (unpaired) electrons.